The number of allylic oxidation sites excluding steroid dienone is 10. The van der Waals surface area contributed by atoms with E-state index in [0.717, 1.165) is 116 Å². The minimum Gasteiger partial charge on any atom is -0.462 e. The summed E-state index contributed by atoms with van der Waals surface area (Å²) in [6.07, 6.45) is 70.6. The third-order valence-corrected chi connectivity index (χ3v) is 18.9. The Labute approximate surface area is 597 Å². The molecule has 0 aromatic heterocycles. The number of phosphoric ester groups is 2. The minimum absolute atomic E-state index is 0.0895. The van der Waals surface area contributed by atoms with E-state index in [1.165, 1.54) is 161 Å². The number of ether oxygens (including phenoxy) is 4. The maximum Gasteiger partial charge on any atom is 0.472 e. The molecule has 0 saturated heterocycles. The average molecular weight is 1430 g/mol. The lowest BCUT2D eigenvalue weighted by atomic mass is 10.0. The van der Waals surface area contributed by atoms with Crippen molar-refractivity contribution in [2.75, 3.05) is 39.6 Å². The molecule has 0 aromatic carbocycles. The van der Waals surface area contributed by atoms with Gasteiger partial charge in [-0.15, -0.1) is 0 Å². The minimum atomic E-state index is -4.98. The van der Waals surface area contributed by atoms with Crippen molar-refractivity contribution in [1.82, 2.24) is 0 Å². The molecule has 0 bridgehead atoms. The largest absolute Gasteiger partial charge is 0.472 e. The molecule has 0 aliphatic heterocycles. The zero-order chi connectivity index (χ0) is 71.8. The summed E-state index contributed by atoms with van der Waals surface area (Å²) in [7, 11) is -9.95. The second-order valence-corrected chi connectivity index (χ2v) is 29.6. The Hall–Kier alpha value is -3.24. The number of esters is 4. The van der Waals surface area contributed by atoms with Gasteiger partial charge in [0.05, 0.1) is 26.4 Å². The number of carbonyl (C=O) groups excluding carboxylic acids is 4. The summed E-state index contributed by atoms with van der Waals surface area (Å²) in [5.74, 6) is -2.21. The summed E-state index contributed by atoms with van der Waals surface area (Å²) in [5, 5.41) is 10.6. The second-order valence-electron chi connectivity index (χ2n) is 26.7. The van der Waals surface area contributed by atoms with Gasteiger partial charge in [0.2, 0.25) is 0 Å². The van der Waals surface area contributed by atoms with Gasteiger partial charge in [-0.05, 0) is 89.9 Å². The Kier molecular flexibility index (Phi) is 69.7. The van der Waals surface area contributed by atoms with E-state index in [4.69, 9.17) is 37.0 Å². The number of unbranched alkanes of at least 4 members (excludes halogenated alkanes) is 39. The number of hydrogen-bond acceptors (Lipinski definition) is 15. The number of phosphoric acid groups is 2. The fraction of sp³-hybridized carbons (Fsp3) is 0.823. The van der Waals surface area contributed by atoms with Crippen LogP contribution in [0.3, 0.4) is 0 Å². The highest BCUT2D eigenvalue weighted by molar-refractivity contribution is 7.47. The van der Waals surface area contributed by atoms with Crippen molar-refractivity contribution in [2.45, 2.75) is 380 Å². The van der Waals surface area contributed by atoms with Gasteiger partial charge in [-0.3, -0.25) is 37.3 Å². The first-order valence-electron chi connectivity index (χ1n) is 39.5. The number of aliphatic hydroxyl groups is 1. The summed E-state index contributed by atoms with van der Waals surface area (Å²) < 4.78 is 68.5. The van der Waals surface area contributed by atoms with E-state index >= 15 is 0 Å². The van der Waals surface area contributed by atoms with Crippen molar-refractivity contribution in [3.05, 3.63) is 60.8 Å². The van der Waals surface area contributed by atoms with Gasteiger partial charge in [-0.25, -0.2) is 9.13 Å². The highest BCUT2D eigenvalue weighted by Crippen LogP contribution is 2.45. The maximum atomic E-state index is 13.1. The van der Waals surface area contributed by atoms with Crippen molar-refractivity contribution in [3.8, 4) is 0 Å². The molecule has 0 amide bonds. The second kappa shape index (κ2) is 72.1. The zero-order valence-corrected chi connectivity index (χ0v) is 64.3. The first kappa shape index (κ1) is 94.8. The molecule has 3 N–H and O–H groups in total. The maximum absolute atomic E-state index is 13.1. The topological polar surface area (TPSA) is 237 Å². The van der Waals surface area contributed by atoms with Crippen LogP contribution in [0.25, 0.3) is 0 Å². The summed E-state index contributed by atoms with van der Waals surface area (Å²) in [5.41, 5.74) is 0. The van der Waals surface area contributed by atoms with E-state index < -0.39 is 97.5 Å². The van der Waals surface area contributed by atoms with Crippen LogP contribution in [0, 0.1) is 0 Å². The Morgan fingerprint density at radius 2 is 0.510 bits per heavy atom. The van der Waals surface area contributed by atoms with Gasteiger partial charge in [-0.2, -0.15) is 0 Å². The van der Waals surface area contributed by atoms with Gasteiger partial charge in [0.15, 0.2) is 12.2 Å². The van der Waals surface area contributed by atoms with Crippen LogP contribution in [0.2, 0.25) is 0 Å². The Bertz CT molecular complexity index is 2100. The molecule has 0 aromatic rings. The highest BCUT2D eigenvalue weighted by atomic mass is 31.2. The quantitative estimate of drug-likeness (QED) is 0.0169. The predicted molar refractivity (Wildman–Crippen MR) is 400 cm³/mol. The SMILES string of the molecule is CCCCC/C=C\C/C=C\C/C=C\C/C=C\CCCC(=O)OC[C@H](COP(=O)(O)OC[C@H](O)COP(=O)(O)OC[C@@H](COC(=O)CCCCCCC/C=C\CCCCCCCC)OC(=O)CCCCCCCCCCCCCCC)OC(=O)CCCCCCCCCCCCCCC. The average Bonchev–Trinajstić information content (AvgIpc) is 0.969. The van der Waals surface area contributed by atoms with Crippen LogP contribution >= 0.6 is 15.6 Å². The number of carbonyl (C=O) groups is 4. The normalized spacial score (nSPS) is 14.2. The van der Waals surface area contributed by atoms with Crippen LogP contribution in [0.5, 0.6) is 0 Å². The van der Waals surface area contributed by atoms with E-state index in [1.807, 2.05) is 12.2 Å². The van der Waals surface area contributed by atoms with Gasteiger partial charge in [0.25, 0.3) is 0 Å². The Balaban J connectivity index is 5.35. The van der Waals surface area contributed by atoms with Crippen LogP contribution in [0.15, 0.2) is 60.8 Å². The van der Waals surface area contributed by atoms with E-state index in [2.05, 4.69) is 76.3 Å². The summed E-state index contributed by atoms with van der Waals surface area (Å²) in [6.45, 7) is 4.84. The molecule has 0 saturated carbocycles. The van der Waals surface area contributed by atoms with Gasteiger partial charge in [-0.1, -0.05) is 307 Å². The number of hydrogen-bond donors (Lipinski definition) is 3. The lowest BCUT2D eigenvalue weighted by Crippen LogP contribution is -2.30. The molecule has 17 nitrogen and oxygen atoms in total. The summed E-state index contributed by atoms with van der Waals surface area (Å²) in [6, 6.07) is 0. The highest BCUT2D eigenvalue weighted by Gasteiger charge is 2.30. The third-order valence-electron chi connectivity index (χ3n) is 17.0. The fourth-order valence-electron chi connectivity index (χ4n) is 10.9. The monoisotopic (exact) mass is 1430 g/mol. The van der Waals surface area contributed by atoms with E-state index in [0.29, 0.717) is 32.1 Å². The smallest absolute Gasteiger partial charge is 0.462 e. The van der Waals surface area contributed by atoms with Gasteiger partial charge < -0.3 is 33.8 Å². The molecular weight excluding hydrogens is 1280 g/mol. The van der Waals surface area contributed by atoms with E-state index in [9.17, 15) is 43.2 Å². The van der Waals surface area contributed by atoms with Crippen molar-refractivity contribution in [3.63, 3.8) is 0 Å². The molecule has 0 aliphatic carbocycles. The lowest BCUT2D eigenvalue weighted by molar-refractivity contribution is -0.161. The first-order valence-corrected chi connectivity index (χ1v) is 42.5. The molecule has 0 fully saturated rings. The van der Waals surface area contributed by atoms with Gasteiger partial charge >= 0.3 is 39.5 Å². The Morgan fingerprint density at radius 3 is 0.837 bits per heavy atom. The molecule has 98 heavy (non-hydrogen) atoms. The lowest BCUT2D eigenvalue weighted by Gasteiger charge is -2.21. The molecule has 0 aliphatic rings. The molecule has 572 valence electrons. The summed E-state index contributed by atoms with van der Waals surface area (Å²) in [4.78, 5) is 72.9. The number of aliphatic hydroxyl groups excluding tert-OH is 1. The Morgan fingerprint density at radius 1 is 0.286 bits per heavy atom. The third kappa shape index (κ3) is 71.2. The molecule has 5 atom stereocenters. The zero-order valence-electron chi connectivity index (χ0n) is 62.5. The van der Waals surface area contributed by atoms with Crippen LogP contribution in [-0.2, 0) is 65.4 Å². The van der Waals surface area contributed by atoms with E-state index in [-0.39, 0.29) is 25.7 Å². The molecule has 0 rings (SSSR count). The van der Waals surface area contributed by atoms with E-state index in [1.54, 1.807) is 0 Å². The first-order chi connectivity index (χ1) is 47.7. The molecule has 2 unspecified atom stereocenters. The van der Waals surface area contributed by atoms with Crippen molar-refractivity contribution >= 4 is 39.5 Å². The molecular formula is C79H144O17P2. The van der Waals surface area contributed by atoms with Gasteiger partial charge in [0, 0.05) is 25.7 Å². The van der Waals surface area contributed by atoms with Crippen molar-refractivity contribution in [2.24, 2.45) is 0 Å². The molecule has 0 heterocycles. The predicted octanol–water partition coefficient (Wildman–Crippen LogP) is 22.7. The molecule has 19 heteroatoms. The van der Waals surface area contributed by atoms with Crippen LogP contribution < -0.4 is 0 Å². The number of rotatable bonds is 75. The molecule has 0 spiro atoms. The van der Waals surface area contributed by atoms with Crippen molar-refractivity contribution in [1.29, 1.82) is 0 Å². The van der Waals surface area contributed by atoms with Crippen LogP contribution in [-0.4, -0.2) is 96.7 Å². The fourth-order valence-corrected chi connectivity index (χ4v) is 12.5. The summed E-state index contributed by atoms with van der Waals surface area (Å²) >= 11 is 0. The molecule has 0 radical (unpaired) electrons. The standard InChI is InChI=1S/C79H144O17P2/c1-5-9-13-17-21-25-29-33-35-36-38-42-44-48-52-56-60-64-77(82)90-70-75(96-79(84)66-62-58-54-50-46-40-32-28-24-20-16-12-8-4)72-94-98(87,88)92-68-73(80)67-91-97(85,86)93-71-74(95-78(83)65-61-57-53-49-45-39-31-27-23-19-15-11-7-3)69-89-76(81)63-59-55-51-47-43-41-37-34-30-26-22-18-14-10-6-2/h21,25,33-35,37-38,42,48,52,73-75,80H,5-20,22-24,26-32,36,39-41,43-47,49-51,53-72H2,1-4H3,(H,85,86)(H,87,88)/b25-21-,35-33-,37-34-,42-38-,52-48-/t73-,74-,75-/m1/s1. The van der Waals surface area contributed by atoms with Crippen molar-refractivity contribution < 1.29 is 80.2 Å². The van der Waals surface area contributed by atoms with Gasteiger partial charge in [0.1, 0.15) is 19.3 Å². The van der Waals surface area contributed by atoms with Crippen LogP contribution in [0.1, 0.15) is 362 Å². The van der Waals surface area contributed by atoms with Crippen LogP contribution in [0.4, 0.5) is 0 Å².